The van der Waals surface area contributed by atoms with Crippen LogP contribution in [0.25, 0.3) is 0 Å². The van der Waals surface area contributed by atoms with Crippen LogP contribution in [0.2, 0.25) is 5.02 Å². The number of benzene rings is 1. The van der Waals surface area contributed by atoms with Crippen LogP contribution in [0.1, 0.15) is 12.0 Å². The Hall–Kier alpha value is -0.690. The molecule has 0 heterocycles. The molecule has 4 heteroatoms. The predicted molar refractivity (Wildman–Crippen MR) is 70.7 cm³/mol. The van der Waals surface area contributed by atoms with Crippen molar-refractivity contribution in [1.29, 1.82) is 5.26 Å². The van der Waals surface area contributed by atoms with Gasteiger partial charge in [-0.15, -0.1) is 0 Å². The Morgan fingerprint density at radius 2 is 2.25 bits per heavy atom. The quantitative estimate of drug-likeness (QED) is 0.793. The van der Waals surface area contributed by atoms with E-state index >= 15 is 0 Å². The summed E-state index contributed by atoms with van der Waals surface area (Å²) in [5.41, 5.74) is 1.16. The van der Waals surface area contributed by atoms with E-state index in [1.54, 1.807) is 11.8 Å². The van der Waals surface area contributed by atoms with Crippen LogP contribution in [0.15, 0.2) is 24.3 Å². The van der Waals surface area contributed by atoms with Gasteiger partial charge in [0.05, 0.1) is 12.1 Å². The summed E-state index contributed by atoms with van der Waals surface area (Å²) in [7, 11) is 1.81. The molecule has 0 aliphatic rings. The van der Waals surface area contributed by atoms with Crippen molar-refractivity contribution in [2.24, 2.45) is 0 Å². The van der Waals surface area contributed by atoms with Crippen molar-refractivity contribution in [1.82, 2.24) is 5.32 Å². The molecule has 0 fully saturated rings. The summed E-state index contributed by atoms with van der Waals surface area (Å²) in [6, 6.07) is 10.0. The normalized spacial score (nSPS) is 12.1. The highest BCUT2D eigenvalue weighted by Gasteiger charge is 2.04. The highest BCUT2D eigenvalue weighted by atomic mass is 35.5. The lowest BCUT2D eigenvalue weighted by Crippen LogP contribution is -2.23. The molecule has 0 amide bonds. The lowest BCUT2D eigenvalue weighted by atomic mass is 10.2. The first-order valence-corrected chi connectivity index (χ1v) is 6.69. The van der Waals surface area contributed by atoms with E-state index in [0.29, 0.717) is 0 Å². The molecule has 1 atom stereocenters. The molecule has 2 nitrogen and oxygen atoms in total. The molecule has 0 spiro atoms. The molecule has 1 N–H and O–H groups in total. The Labute approximate surface area is 106 Å². The Morgan fingerprint density at radius 1 is 1.50 bits per heavy atom. The van der Waals surface area contributed by atoms with Crippen LogP contribution in [0, 0.1) is 11.3 Å². The van der Waals surface area contributed by atoms with Crippen LogP contribution in [-0.4, -0.2) is 18.8 Å². The molecule has 16 heavy (non-hydrogen) atoms. The monoisotopic (exact) mass is 254 g/mol. The maximum absolute atomic E-state index is 8.74. The van der Waals surface area contributed by atoms with E-state index in [1.165, 1.54) is 0 Å². The standard InChI is InChI=1S/C12H15ClN2S/c1-15-11(8-14)6-7-16-9-10-4-2-3-5-12(10)13/h2-5,11,15H,6-7,9H2,1H3. The molecule has 0 bridgehead atoms. The van der Waals surface area contributed by atoms with Crippen molar-refractivity contribution < 1.29 is 0 Å². The van der Waals surface area contributed by atoms with E-state index in [0.717, 1.165) is 28.5 Å². The van der Waals surface area contributed by atoms with Crippen LogP contribution >= 0.6 is 23.4 Å². The van der Waals surface area contributed by atoms with Gasteiger partial charge in [-0.05, 0) is 30.9 Å². The van der Waals surface area contributed by atoms with Gasteiger partial charge in [-0.25, -0.2) is 0 Å². The van der Waals surface area contributed by atoms with Gasteiger partial charge in [0.2, 0.25) is 0 Å². The number of halogens is 1. The van der Waals surface area contributed by atoms with Crippen molar-refractivity contribution in [3.8, 4) is 6.07 Å². The SMILES string of the molecule is CNC(C#N)CCSCc1ccccc1Cl. The highest BCUT2D eigenvalue weighted by Crippen LogP contribution is 2.21. The minimum atomic E-state index is -0.0428. The number of thioether (sulfide) groups is 1. The molecular formula is C12H15ClN2S. The summed E-state index contributed by atoms with van der Waals surface area (Å²) in [5, 5.41) is 12.5. The van der Waals surface area contributed by atoms with E-state index in [2.05, 4.69) is 11.4 Å². The maximum atomic E-state index is 8.74. The molecule has 86 valence electrons. The zero-order chi connectivity index (χ0) is 11.8. The van der Waals surface area contributed by atoms with Crippen LogP contribution in [0.3, 0.4) is 0 Å². The van der Waals surface area contributed by atoms with Gasteiger partial charge >= 0.3 is 0 Å². The van der Waals surface area contributed by atoms with Gasteiger partial charge in [-0.1, -0.05) is 29.8 Å². The summed E-state index contributed by atoms with van der Waals surface area (Å²) in [6.07, 6.45) is 0.863. The first-order chi connectivity index (χ1) is 7.77. The number of hydrogen-bond donors (Lipinski definition) is 1. The fourth-order valence-corrected chi connectivity index (χ4v) is 2.57. The second-order valence-electron chi connectivity index (χ2n) is 3.40. The molecule has 0 aromatic heterocycles. The Balaban J connectivity index is 2.27. The molecule has 0 saturated carbocycles. The third-order valence-electron chi connectivity index (χ3n) is 2.27. The molecule has 0 saturated heterocycles. The number of hydrogen-bond acceptors (Lipinski definition) is 3. The molecule has 1 aromatic rings. The number of nitrogens with one attached hydrogen (secondary N) is 1. The number of nitriles is 1. The topological polar surface area (TPSA) is 35.8 Å². The van der Waals surface area contributed by atoms with Crippen LogP contribution in [-0.2, 0) is 5.75 Å². The molecular weight excluding hydrogens is 240 g/mol. The van der Waals surface area contributed by atoms with E-state index in [9.17, 15) is 0 Å². The fraction of sp³-hybridized carbons (Fsp3) is 0.417. The van der Waals surface area contributed by atoms with Crippen LogP contribution in [0.4, 0.5) is 0 Å². The second kappa shape index (κ2) is 7.56. The minimum Gasteiger partial charge on any atom is -0.305 e. The van der Waals surface area contributed by atoms with Crippen molar-refractivity contribution in [2.45, 2.75) is 18.2 Å². The zero-order valence-corrected chi connectivity index (χ0v) is 10.8. The van der Waals surface area contributed by atoms with E-state index < -0.39 is 0 Å². The third kappa shape index (κ3) is 4.44. The average molecular weight is 255 g/mol. The van der Waals surface area contributed by atoms with Gasteiger partial charge in [-0.2, -0.15) is 17.0 Å². The van der Waals surface area contributed by atoms with E-state index in [4.69, 9.17) is 16.9 Å². The summed E-state index contributed by atoms with van der Waals surface area (Å²) < 4.78 is 0. The van der Waals surface area contributed by atoms with Gasteiger partial charge in [0.1, 0.15) is 0 Å². The second-order valence-corrected chi connectivity index (χ2v) is 4.92. The molecule has 1 aromatic carbocycles. The highest BCUT2D eigenvalue weighted by molar-refractivity contribution is 7.98. The molecule has 1 rings (SSSR count). The first-order valence-electron chi connectivity index (χ1n) is 5.16. The van der Waals surface area contributed by atoms with Gasteiger partial charge in [0, 0.05) is 10.8 Å². The third-order valence-corrected chi connectivity index (χ3v) is 3.68. The van der Waals surface area contributed by atoms with Crippen molar-refractivity contribution >= 4 is 23.4 Å². The lowest BCUT2D eigenvalue weighted by Gasteiger charge is -2.07. The average Bonchev–Trinajstić information content (AvgIpc) is 2.31. The van der Waals surface area contributed by atoms with Gasteiger partial charge in [-0.3, -0.25) is 0 Å². The van der Waals surface area contributed by atoms with Crippen LogP contribution in [0.5, 0.6) is 0 Å². The van der Waals surface area contributed by atoms with Crippen molar-refractivity contribution in [3.63, 3.8) is 0 Å². The minimum absolute atomic E-state index is 0.0428. The summed E-state index contributed by atoms with van der Waals surface area (Å²) in [4.78, 5) is 0. The number of nitrogens with zero attached hydrogens (tertiary/aromatic N) is 1. The summed E-state index contributed by atoms with van der Waals surface area (Å²) in [5.74, 6) is 1.87. The Morgan fingerprint density at radius 3 is 2.88 bits per heavy atom. The van der Waals surface area contributed by atoms with Crippen molar-refractivity contribution in [2.75, 3.05) is 12.8 Å². The maximum Gasteiger partial charge on any atom is 0.0958 e. The summed E-state index contributed by atoms with van der Waals surface area (Å²) in [6.45, 7) is 0. The zero-order valence-electron chi connectivity index (χ0n) is 9.24. The summed E-state index contributed by atoms with van der Waals surface area (Å²) >= 11 is 7.85. The smallest absolute Gasteiger partial charge is 0.0958 e. The molecule has 0 radical (unpaired) electrons. The first kappa shape index (κ1) is 13.4. The fourth-order valence-electron chi connectivity index (χ4n) is 1.27. The largest absolute Gasteiger partial charge is 0.305 e. The Bertz CT molecular complexity index is 362. The van der Waals surface area contributed by atoms with Crippen LogP contribution < -0.4 is 5.32 Å². The van der Waals surface area contributed by atoms with Gasteiger partial charge in [0.25, 0.3) is 0 Å². The predicted octanol–water partition coefficient (Wildman–Crippen LogP) is 3.07. The molecule has 0 aliphatic carbocycles. The van der Waals surface area contributed by atoms with Gasteiger partial charge < -0.3 is 5.32 Å². The molecule has 0 aliphatic heterocycles. The number of rotatable bonds is 6. The lowest BCUT2D eigenvalue weighted by molar-refractivity contribution is 0.663. The Kier molecular flexibility index (Phi) is 6.32. The van der Waals surface area contributed by atoms with Gasteiger partial charge in [0.15, 0.2) is 0 Å². The van der Waals surface area contributed by atoms with E-state index in [1.807, 2.05) is 31.3 Å². The van der Waals surface area contributed by atoms with E-state index in [-0.39, 0.29) is 6.04 Å². The van der Waals surface area contributed by atoms with Crippen molar-refractivity contribution in [3.05, 3.63) is 34.9 Å². The molecule has 1 unspecified atom stereocenters.